The summed E-state index contributed by atoms with van der Waals surface area (Å²) in [7, 11) is 0. The Bertz CT molecular complexity index is 1890. The number of esters is 1. The Hall–Kier alpha value is -3.34. The number of amides is 1. The lowest BCUT2D eigenvalue weighted by Crippen LogP contribution is -2.62. The van der Waals surface area contributed by atoms with Crippen LogP contribution in [0.4, 0.5) is 0 Å². The molecule has 15 N–H and O–H groups in total. The average Bonchev–Trinajstić information content (AvgIpc) is 3.33. The van der Waals surface area contributed by atoms with Crippen LogP contribution in [0.25, 0.3) is 0 Å². The molecular weight excluding hydrogens is 985 g/mol. The molecule has 3 saturated heterocycles. The van der Waals surface area contributed by atoms with Gasteiger partial charge in [-0.2, -0.15) is 0 Å². The number of cyclic esters (lactones) is 1. The Labute approximate surface area is 439 Å². The number of aliphatic hydroxyl groups excluding tert-OH is 10. The molecule has 4 aliphatic heterocycles. The van der Waals surface area contributed by atoms with Crippen molar-refractivity contribution in [1.29, 1.82) is 0 Å². The number of hydroxylamine groups is 1. The SMILES string of the molecule is C[C@@H]1[C@H](OC2C[C@@H](O)[C@@H](O)[C@H](C)O2)[C@@H](C)/C=C/C=C/CC/C=C/C=C/C=C/C=C/[C@H](O[C@@H]2O[C@H](C)[C@@H](O)[C@H](N)[C@@H]2O)C[C@@H]2O[C@](O)(C[C@@H](O)[C@H](O)CC[C@@H](O)C[C@@H](O)C[C@@H](O)CC(=O)O[C@H]1C)C[C@H](O)[C@H]2C(=O)NO. The van der Waals surface area contributed by atoms with E-state index in [0.29, 0.717) is 6.42 Å². The van der Waals surface area contributed by atoms with Crippen molar-refractivity contribution in [1.82, 2.24) is 5.48 Å². The summed E-state index contributed by atoms with van der Waals surface area (Å²) in [5.41, 5.74) is 7.56. The second kappa shape index (κ2) is 31.3. The predicted molar refractivity (Wildman–Crippen MR) is 269 cm³/mol. The molecule has 0 aromatic carbocycles. The molecule has 4 aliphatic rings. The van der Waals surface area contributed by atoms with E-state index in [2.05, 4.69) is 0 Å². The summed E-state index contributed by atoms with van der Waals surface area (Å²) < 4.78 is 35.9. The van der Waals surface area contributed by atoms with Gasteiger partial charge in [0.25, 0.3) is 5.91 Å². The van der Waals surface area contributed by atoms with Crippen LogP contribution in [0.15, 0.2) is 72.9 Å². The molecule has 4 heterocycles. The third kappa shape index (κ3) is 20.4. The molecule has 428 valence electrons. The number of aliphatic hydroxyl groups is 11. The lowest BCUT2D eigenvalue weighted by molar-refractivity contribution is -0.309. The first-order valence-corrected chi connectivity index (χ1v) is 26.1. The van der Waals surface area contributed by atoms with Gasteiger partial charge in [0.2, 0.25) is 0 Å². The minimum Gasteiger partial charge on any atom is -0.462 e. The van der Waals surface area contributed by atoms with E-state index in [1.54, 1.807) is 38.2 Å². The van der Waals surface area contributed by atoms with E-state index in [1.165, 1.54) is 18.5 Å². The molecule has 0 saturated carbocycles. The van der Waals surface area contributed by atoms with Gasteiger partial charge in [-0.15, -0.1) is 0 Å². The Balaban J connectivity index is 1.56. The molecule has 0 spiro atoms. The number of allylic oxidation sites excluding steroid dienone is 10. The smallest absolute Gasteiger partial charge is 0.308 e. The van der Waals surface area contributed by atoms with Crippen LogP contribution in [0.2, 0.25) is 0 Å². The zero-order valence-corrected chi connectivity index (χ0v) is 43.6. The minimum absolute atomic E-state index is 0.0197. The summed E-state index contributed by atoms with van der Waals surface area (Å²) in [6.45, 7) is 8.61. The molecule has 23 atom stereocenters. The molecule has 22 heteroatoms. The van der Waals surface area contributed by atoms with Crippen molar-refractivity contribution >= 4 is 11.9 Å². The normalized spacial score (nSPS) is 46.0. The van der Waals surface area contributed by atoms with E-state index in [0.717, 1.165) is 6.42 Å². The summed E-state index contributed by atoms with van der Waals surface area (Å²) in [5, 5.41) is 129. The van der Waals surface area contributed by atoms with Crippen LogP contribution in [0, 0.1) is 17.8 Å². The molecule has 0 radical (unpaired) electrons. The van der Waals surface area contributed by atoms with Gasteiger partial charge in [0, 0.05) is 37.5 Å². The molecule has 22 nitrogen and oxygen atoms in total. The molecule has 2 bridgehead atoms. The maximum absolute atomic E-state index is 13.1. The average molecular weight is 1070 g/mol. The number of nitrogens with one attached hydrogen (secondary N) is 1. The standard InChI is InChI=1S/C53H86N2O20/c1-29-18-16-14-12-10-8-6-7-9-11-13-15-17-19-37(73-52-49(66)46(54)48(65)33(5)72-52)25-42-45(51(67)55-69)41(62)28-53(68,75-42)27-40(61)38(59)21-20-34(56)22-35(57)23-36(58)24-43(63)70-31(3)30(2)50(29)74-44-26-39(60)47(64)32(4)71-44/h6-7,9,11-19,29-42,44-50,52,56-62,64-66,68-69H,8,10,20-28,54H2,1-5H3,(H,55,67)/b7-6+,11-9+,14-12+,15-13+,18-16+,19-17+/t29-,30-,31-,32-,33+,34+,35+,36+,37-,38+,39+,40+,41-,42-,44?,45+,46-,47-,48+,49-,50+,52-,53+/m0/s1. The zero-order valence-electron chi connectivity index (χ0n) is 43.6. The second-order valence-corrected chi connectivity index (χ2v) is 20.7. The Morgan fingerprint density at radius 1 is 0.653 bits per heavy atom. The van der Waals surface area contributed by atoms with Crippen LogP contribution < -0.4 is 11.2 Å². The number of rotatable bonds is 5. The fourth-order valence-corrected chi connectivity index (χ4v) is 9.73. The van der Waals surface area contributed by atoms with Crippen LogP contribution in [0.5, 0.6) is 0 Å². The van der Waals surface area contributed by atoms with Gasteiger partial charge < -0.3 is 90.3 Å². The molecule has 0 aromatic heterocycles. The highest BCUT2D eigenvalue weighted by Gasteiger charge is 2.51. The lowest BCUT2D eigenvalue weighted by atomic mass is 9.82. The summed E-state index contributed by atoms with van der Waals surface area (Å²) in [6.07, 6.45) is -1.56. The van der Waals surface area contributed by atoms with Gasteiger partial charge in [-0.25, -0.2) is 5.48 Å². The molecule has 0 aromatic rings. The van der Waals surface area contributed by atoms with E-state index < -0.39 is 165 Å². The first-order valence-electron chi connectivity index (χ1n) is 26.1. The summed E-state index contributed by atoms with van der Waals surface area (Å²) in [5.74, 6) is -6.39. The van der Waals surface area contributed by atoms with Crippen LogP contribution in [0.1, 0.15) is 105 Å². The number of carbonyl (C=O) groups is 2. The Morgan fingerprint density at radius 3 is 1.92 bits per heavy atom. The number of fused-ring (bicyclic) bond motifs is 2. The minimum atomic E-state index is -2.37. The van der Waals surface area contributed by atoms with Crippen LogP contribution >= 0.6 is 0 Å². The number of nitrogens with two attached hydrogens (primary N) is 1. The summed E-state index contributed by atoms with van der Waals surface area (Å²) in [4.78, 5) is 26.1. The van der Waals surface area contributed by atoms with Gasteiger partial charge in [-0.3, -0.25) is 14.8 Å². The van der Waals surface area contributed by atoms with Crippen LogP contribution in [-0.2, 0) is 38.0 Å². The van der Waals surface area contributed by atoms with Crippen molar-refractivity contribution < 1.29 is 99.4 Å². The van der Waals surface area contributed by atoms with Crippen molar-refractivity contribution in [2.75, 3.05) is 0 Å². The van der Waals surface area contributed by atoms with Crippen molar-refractivity contribution in [3.8, 4) is 0 Å². The third-order valence-corrected chi connectivity index (χ3v) is 14.3. The topological polar surface area (TPSA) is 370 Å². The van der Waals surface area contributed by atoms with Gasteiger partial charge in [0.15, 0.2) is 18.4 Å². The molecule has 4 rings (SSSR count). The first-order chi connectivity index (χ1) is 35.4. The van der Waals surface area contributed by atoms with E-state index in [1.807, 2.05) is 56.4 Å². The highest BCUT2D eigenvalue weighted by Crippen LogP contribution is 2.38. The van der Waals surface area contributed by atoms with Gasteiger partial charge >= 0.3 is 5.97 Å². The van der Waals surface area contributed by atoms with Crippen LogP contribution in [0.3, 0.4) is 0 Å². The molecule has 1 unspecified atom stereocenters. The largest absolute Gasteiger partial charge is 0.462 e. The van der Waals surface area contributed by atoms with Gasteiger partial charge in [-0.05, 0) is 59.3 Å². The number of carbonyl (C=O) groups excluding carboxylic acids is 2. The highest BCUT2D eigenvalue weighted by atomic mass is 16.7. The van der Waals surface area contributed by atoms with Crippen molar-refractivity contribution in [2.24, 2.45) is 23.5 Å². The number of hydrogen-bond donors (Lipinski definition) is 14. The molecule has 3 fully saturated rings. The summed E-state index contributed by atoms with van der Waals surface area (Å²) in [6, 6.07) is -1.16. The third-order valence-electron chi connectivity index (χ3n) is 14.3. The molecule has 75 heavy (non-hydrogen) atoms. The quantitative estimate of drug-likeness (QED) is 0.0996. The van der Waals surface area contributed by atoms with Crippen LogP contribution in [-0.4, -0.2) is 195 Å². The number of ether oxygens (including phenoxy) is 6. The Morgan fingerprint density at radius 2 is 1.25 bits per heavy atom. The highest BCUT2D eigenvalue weighted by molar-refractivity contribution is 5.78. The van der Waals surface area contributed by atoms with E-state index in [9.17, 15) is 71.0 Å². The molecular formula is C53H86N2O20. The maximum Gasteiger partial charge on any atom is 0.308 e. The summed E-state index contributed by atoms with van der Waals surface area (Å²) >= 11 is 0. The van der Waals surface area contributed by atoms with E-state index in [-0.39, 0.29) is 44.4 Å². The van der Waals surface area contributed by atoms with Gasteiger partial charge in [0.1, 0.15) is 18.3 Å². The first kappa shape index (κ1) is 64.2. The fourth-order valence-electron chi connectivity index (χ4n) is 9.73. The Kier molecular flexibility index (Phi) is 26.8. The van der Waals surface area contributed by atoms with Crippen molar-refractivity contribution in [2.45, 2.75) is 227 Å². The maximum atomic E-state index is 13.1. The lowest BCUT2D eigenvalue weighted by Gasteiger charge is -2.46. The van der Waals surface area contributed by atoms with Crippen molar-refractivity contribution in [3.05, 3.63) is 72.9 Å². The molecule has 0 aliphatic carbocycles. The second-order valence-electron chi connectivity index (χ2n) is 20.7. The fraction of sp³-hybridized carbons (Fsp3) is 0.736. The van der Waals surface area contributed by atoms with Crippen molar-refractivity contribution in [3.63, 3.8) is 0 Å². The number of hydrogen-bond acceptors (Lipinski definition) is 21. The predicted octanol–water partition coefficient (Wildman–Crippen LogP) is 0.238. The zero-order chi connectivity index (χ0) is 55.6. The van der Waals surface area contributed by atoms with Gasteiger partial charge in [0.05, 0.1) is 97.7 Å². The van der Waals surface area contributed by atoms with E-state index in [4.69, 9.17) is 34.2 Å². The van der Waals surface area contributed by atoms with E-state index >= 15 is 0 Å². The van der Waals surface area contributed by atoms with Gasteiger partial charge in [-0.1, -0.05) is 86.8 Å². The monoisotopic (exact) mass is 1070 g/mol. The molecule has 1 amide bonds.